The number of benzene rings is 2. The van der Waals surface area contributed by atoms with Crippen LogP contribution in [0, 0.1) is 11.6 Å². The summed E-state index contributed by atoms with van der Waals surface area (Å²) in [6.45, 7) is 0. The van der Waals surface area contributed by atoms with Crippen molar-refractivity contribution < 1.29 is 8.78 Å². The largest absolute Gasteiger partial charge is 0.369 e. The molecule has 0 aliphatic carbocycles. The maximum Gasteiger partial charge on any atom is 0.206 e. The number of fused-ring (bicyclic) bond motifs is 1. The molecule has 0 radical (unpaired) electrons. The van der Waals surface area contributed by atoms with E-state index in [4.69, 9.17) is 17.3 Å². The third-order valence-electron chi connectivity index (χ3n) is 2.86. The van der Waals surface area contributed by atoms with Gasteiger partial charge < -0.3 is 5.73 Å². The van der Waals surface area contributed by atoms with Crippen LogP contribution in [0.5, 0.6) is 0 Å². The second kappa shape index (κ2) is 4.71. The van der Waals surface area contributed by atoms with E-state index in [1.807, 2.05) is 0 Å². The lowest BCUT2D eigenvalue weighted by Crippen LogP contribution is -2.01. The third kappa shape index (κ3) is 2.05. The van der Waals surface area contributed by atoms with Gasteiger partial charge in [0, 0.05) is 21.6 Å². The predicted molar refractivity (Wildman–Crippen MR) is 78.1 cm³/mol. The van der Waals surface area contributed by atoms with Crippen molar-refractivity contribution in [3.05, 3.63) is 51.5 Å². The standard InChI is InChI=1S/C13H7BrClF2N3/c14-8-3-6(15)1-2-10(8)20-11-5-7(16)4-9(17)12(11)19-13(20)18/h1-5H,(H2,18,19). The van der Waals surface area contributed by atoms with Gasteiger partial charge >= 0.3 is 0 Å². The van der Waals surface area contributed by atoms with Crippen molar-refractivity contribution in [3.8, 4) is 5.69 Å². The molecule has 3 nitrogen and oxygen atoms in total. The van der Waals surface area contributed by atoms with Crippen molar-refractivity contribution in [2.75, 3.05) is 5.73 Å². The number of hydrogen-bond donors (Lipinski definition) is 1. The molecule has 0 saturated heterocycles. The summed E-state index contributed by atoms with van der Waals surface area (Å²) in [7, 11) is 0. The van der Waals surface area contributed by atoms with Crippen LogP contribution in [-0.4, -0.2) is 9.55 Å². The molecule has 0 unspecified atom stereocenters. The minimum absolute atomic E-state index is 0.0192. The fourth-order valence-electron chi connectivity index (χ4n) is 2.04. The minimum Gasteiger partial charge on any atom is -0.369 e. The summed E-state index contributed by atoms with van der Waals surface area (Å²) in [4.78, 5) is 3.94. The van der Waals surface area contributed by atoms with Crippen LogP contribution < -0.4 is 5.73 Å². The van der Waals surface area contributed by atoms with Gasteiger partial charge in [0.1, 0.15) is 11.3 Å². The zero-order valence-corrected chi connectivity index (χ0v) is 12.2. The second-order valence-corrected chi connectivity index (χ2v) is 5.45. The summed E-state index contributed by atoms with van der Waals surface area (Å²) in [6.07, 6.45) is 0. The number of hydrogen-bond acceptors (Lipinski definition) is 2. The Labute approximate surface area is 126 Å². The molecule has 3 rings (SSSR count). The van der Waals surface area contributed by atoms with Crippen LogP contribution >= 0.6 is 27.5 Å². The topological polar surface area (TPSA) is 43.8 Å². The van der Waals surface area contributed by atoms with Crippen molar-refractivity contribution in [3.63, 3.8) is 0 Å². The van der Waals surface area contributed by atoms with Gasteiger partial charge in [-0.1, -0.05) is 11.6 Å². The van der Waals surface area contributed by atoms with Crippen LogP contribution in [0.15, 0.2) is 34.8 Å². The Morgan fingerprint density at radius 2 is 1.95 bits per heavy atom. The van der Waals surface area contributed by atoms with E-state index in [0.29, 0.717) is 15.2 Å². The summed E-state index contributed by atoms with van der Waals surface area (Å²) in [5, 5.41) is 0.529. The summed E-state index contributed by atoms with van der Waals surface area (Å²) < 4.78 is 29.2. The summed E-state index contributed by atoms with van der Waals surface area (Å²) >= 11 is 9.23. The summed E-state index contributed by atoms with van der Waals surface area (Å²) in [5.41, 5.74) is 6.69. The van der Waals surface area contributed by atoms with E-state index < -0.39 is 11.6 Å². The van der Waals surface area contributed by atoms with Gasteiger partial charge in [-0.05, 0) is 34.1 Å². The first-order chi connectivity index (χ1) is 9.47. The number of anilines is 1. The normalized spacial score (nSPS) is 11.2. The highest BCUT2D eigenvalue weighted by molar-refractivity contribution is 9.10. The van der Waals surface area contributed by atoms with Gasteiger partial charge in [-0.2, -0.15) is 0 Å². The van der Waals surface area contributed by atoms with Crippen LogP contribution in [-0.2, 0) is 0 Å². The molecule has 102 valence electrons. The minimum atomic E-state index is -0.754. The van der Waals surface area contributed by atoms with E-state index in [2.05, 4.69) is 20.9 Å². The number of nitrogens with zero attached hydrogens (tertiary/aromatic N) is 2. The van der Waals surface area contributed by atoms with Gasteiger partial charge in [0.2, 0.25) is 5.95 Å². The van der Waals surface area contributed by atoms with Crippen molar-refractivity contribution >= 4 is 44.5 Å². The van der Waals surface area contributed by atoms with E-state index >= 15 is 0 Å². The molecule has 0 fully saturated rings. The first-order valence-electron chi connectivity index (χ1n) is 5.56. The molecule has 0 amide bonds. The van der Waals surface area contributed by atoms with Gasteiger partial charge in [0.25, 0.3) is 0 Å². The van der Waals surface area contributed by atoms with Crippen LogP contribution in [0.2, 0.25) is 5.02 Å². The van der Waals surface area contributed by atoms with Gasteiger partial charge in [0.05, 0.1) is 11.2 Å². The Hall–Kier alpha value is -1.66. The Morgan fingerprint density at radius 3 is 2.65 bits per heavy atom. The second-order valence-electron chi connectivity index (χ2n) is 4.16. The zero-order valence-electron chi connectivity index (χ0n) is 9.87. The molecule has 7 heteroatoms. The Morgan fingerprint density at radius 1 is 1.20 bits per heavy atom. The average molecular weight is 359 g/mol. The maximum atomic E-state index is 13.7. The zero-order chi connectivity index (χ0) is 14.4. The first kappa shape index (κ1) is 13.3. The van der Waals surface area contributed by atoms with Crippen molar-refractivity contribution in [2.24, 2.45) is 0 Å². The molecule has 0 aliphatic rings. The molecule has 0 spiro atoms. The van der Waals surface area contributed by atoms with Crippen molar-refractivity contribution in [1.82, 2.24) is 9.55 Å². The molecule has 1 heterocycles. The molecule has 1 aromatic heterocycles. The molecule has 0 aliphatic heterocycles. The fourth-order valence-corrected chi connectivity index (χ4v) is 2.90. The highest BCUT2D eigenvalue weighted by Crippen LogP contribution is 2.31. The van der Waals surface area contributed by atoms with Gasteiger partial charge in [-0.3, -0.25) is 4.57 Å². The van der Waals surface area contributed by atoms with Gasteiger partial charge in [0.15, 0.2) is 5.82 Å². The Balaban J connectivity index is 2.38. The highest BCUT2D eigenvalue weighted by atomic mass is 79.9. The quantitative estimate of drug-likeness (QED) is 0.705. The average Bonchev–Trinajstić information content (AvgIpc) is 2.67. The summed E-state index contributed by atoms with van der Waals surface area (Å²) in [5.74, 6) is -1.38. The maximum absolute atomic E-state index is 13.7. The molecule has 0 atom stereocenters. The van der Waals surface area contributed by atoms with Crippen LogP contribution in [0.4, 0.5) is 14.7 Å². The molecular weight excluding hydrogens is 352 g/mol. The lowest BCUT2D eigenvalue weighted by molar-refractivity contribution is 0.590. The smallest absolute Gasteiger partial charge is 0.206 e. The monoisotopic (exact) mass is 357 g/mol. The molecule has 0 saturated carbocycles. The van der Waals surface area contributed by atoms with Gasteiger partial charge in [-0.25, -0.2) is 13.8 Å². The van der Waals surface area contributed by atoms with E-state index in [-0.39, 0.29) is 17.0 Å². The van der Waals surface area contributed by atoms with Crippen LogP contribution in [0.1, 0.15) is 0 Å². The van der Waals surface area contributed by atoms with E-state index in [0.717, 1.165) is 6.07 Å². The lowest BCUT2D eigenvalue weighted by Gasteiger charge is -2.09. The molecule has 3 aromatic rings. The molecule has 20 heavy (non-hydrogen) atoms. The Bertz CT molecular complexity index is 832. The van der Waals surface area contributed by atoms with E-state index in [9.17, 15) is 8.78 Å². The molecule has 2 aromatic carbocycles. The fraction of sp³-hybridized carbons (Fsp3) is 0. The number of rotatable bonds is 1. The van der Waals surface area contributed by atoms with E-state index in [1.165, 1.54) is 10.6 Å². The number of nitrogens with two attached hydrogens (primary N) is 1. The molecule has 2 N–H and O–H groups in total. The SMILES string of the molecule is Nc1nc2c(F)cc(F)cc2n1-c1ccc(Cl)cc1Br. The summed E-state index contributed by atoms with van der Waals surface area (Å²) in [6, 6.07) is 6.96. The van der Waals surface area contributed by atoms with Crippen molar-refractivity contribution in [1.29, 1.82) is 0 Å². The predicted octanol–water partition coefficient (Wildman–Crippen LogP) is 4.30. The number of nitrogen functional groups attached to an aromatic ring is 1. The molecular formula is C13H7BrClF2N3. The first-order valence-corrected chi connectivity index (χ1v) is 6.73. The van der Waals surface area contributed by atoms with Crippen LogP contribution in [0.3, 0.4) is 0 Å². The van der Waals surface area contributed by atoms with Gasteiger partial charge in [-0.15, -0.1) is 0 Å². The number of aromatic nitrogens is 2. The Kier molecular flexibility index (Phi) is 3.14. The third-order valence-corrected chi connectivity index (χ3v) is 3.73. The molecule has 0 bridgehead atoms. The lowest BCUT2D eigenvalue weighted by atomic mass is 10.2. The number of halogens is 4. The van der Waals surface area contributed by atoms with Crippen molar-refractivity contribution in [2.45, 2.75) is 0 Å². The number of imidazole rings is 1. The highest BCUT2D eigenvalue weighted by Gasteiger charge is 2.16. The van der Waals surface area contributed by atoms with Crippen LogP contribution in [0.25, 0.3) is 16.7 Å². The van der Waals surface area contributed by atoms with E-state index in [1.54, 1.807) is 18.2 Å².